The normalized spacial score (nSPS) is 19.0. The average Bonchev–Trinajstić information content (AvgIpc) is 2.91. The van der Waals surface area contributed by atoms with Gasteiger partial charge in [0, 0.05) is 63.0 Å². The number of carbonyl (C=O) groups excluding carboxylic acids is 2. The standard InChI is InChI=1S/C25H32N4O4.C2H6/c1-19-16-27(17-20-5-7-22(8-6-20)24(30)26-32)9-10-29(19)18-21-3-2-4-23(15-21)25(31)28-11-13-33-14-12-28;1-2/h2-8,15,19,32H,9-14,16-18H2,1H3,(H,26,30);1-2H3/t19-;/m1./s1. The minimum absolute atomic E-state index is 0.0838. The van der Waals surface area contributed by atoms with Crippen LogP contribution < -0.4 is 5.48 Å². The highest BCUT2D eigenvalue weighted by molar-refractivity contribution is 5.94. The van der Waals surface area contributed by atoms with Crippen LogP contribution in [0, 0.1) is 0 Å². The van der Waals surface area contributed by atoms with Gasteiger partial charge in [-0.15, -0.1) is 0 Å². The number of hydrogen-bond acceptors (Lipinski definition) is 6. The summed E-state index contributed by atoms with van der Waals surface area (Å²) in [6, 6.07) is 15.7. The molecule has 0 saturated carbocycles. The minimum atomic E-state index is -0.500. The lowest BCUT2D eigenvalue weighted by Gasteiger charge is -2.40. The summed E-state index contributed by atoms with van der Waals surface area (Å²) in [6.45, 7) is 13.3. The van der Waals surface area contributed by atoms with E-state index in [-0.39, 0.29) is 5.91 Å². The summed E-state index contributed by atoms with van der Waals surface area (Å²) in [5.74, 6) is -0.417. The van der Waals surface area contributed by atoms with E-state index in [0.717, 1.165) is 49.4 Å². The van der Waals surface area contributed by atoms with Crippen LogP contribution in [-0.4, -0.2) is 83.7 Å². The average molecular weight is 483 g/mol. The molecule has 190 valence electrons. The highest BCUT2D eigenvalue weighted by Gasteiger charge is 2.24. The molecular weight excluding hydrogens is 444 g/mol. The Bertz CT molecular complexity index is 960. The number of ether oxygens (including phenoxy) is 1. The molecule has 0 radical (unpaired) electrons. The van der Waals surface area contributed by atoms with Crippen molar-refractivity contribution in [1.29, 1.82) is 0 Å². The number of hydroxylamine groups is 1. The first-order chi connectivity index (χ1) is 17.0. The van der Waals surface area contributed by atoms with Crippen molar-refractivity contribution in [3.05, 3.63) is 70.8 Å². The molecule has 0 bridgehead atoms. The first-order valence-corrected chi connectivity index (χ1v) is 12.5. The molecule has 2 aliphatic rings. The van der Waals surface area contributed by atoms with Gasteiger partial charge in [0.1, 0.15) is 0 Å². The number of amides is 2. The number of carbonyl (C=O) groups is 2. The van der Waals surface area contributed by atoms with E-state index in [1.54, 1.807) is 17.6 Å². The molecule has 2 aromatic carbocycles. The van der Waals surface area contributed by atoms with Gasteiger partial charge in [-0.3, -0.25) is 24.6 Å². The van der Waals surface area contributed by atoms with Gasteiger partial charge >= 0.3 is 0 Å². The molecule has 4 rings (SSSR count). The van der Waals surface area contributed by atoms with Crippen molar-refractivity contribution in [3.63, 3.8) is 0 Å². The molecule has 35 heavy (non-hydrogen) atoms. The second kappa shape index (κ2) is 13.3. The van der Waals surface area contributed by atoms with Crippen molar-refractivity contribution in [2.75, 3.05) is 45.9 Å². The van der Waals surface area contributed by atoms with Crippen molar-refractivity contribution >= 4 is 11.8 Å². The summed E-state index contributed by atoms with van der Waals surface area (Å²) >= 11 is 0. The Hall–Kier alpha value is -2.78. The molecule has 0 unspecified atom stereocenters. The Kier molecular flexibility index (Phi) is 10.2. The van der Waals surface area contributed by atoms with E-state index in [4.69, 9.17) is 9.94 Å². The van der Waals surface area contributed by atoms with E-state index in [2.05, 4.69) is 22.8 Å². The minimum Gasteiger partial charge on any atom is -0.378 e. The summed E-state index contributed by atoms with van der Waals surface area (Å²) in [6.07, 6.45) is 0. The van der Waals surface area contributed by atoms with Crippen LogP contribution in [-0.2, 0) is 17.8 Å². The number of hydrogen-bond donors (Lipinski definition) is 2. The number of morpholine rings is 1. The van der Waals surface area contributed by atoms with Gasteiger partial charge in [-0.1, -0.05) is 38.1 Å². The van der Waals surface area contributed by atoms with Crippen LogP contribution >= 0.6 is 0 Å². The van der Waals surface area contributed by atoms with Crippen LogP contribution in [0.1, 0.15) is 52.6 Å². The van der Waals surface area contributed by atoms with E-state index in [1.165, 1.54) is 0 Å². The van der Waals surface area contributed by atoms with Gasteiger partial charge in [-0.2, -0.15) is 0 Å². The molecule has 2 aromatic rings. The zero-order valence-electron chi connectivity index (χ0n) is 21.1. The lowest BCUT2D eigenvalue weighted by atomic mass is 10.1. The molecule has 2 N–H and O–H groups in total. The molecule has 0 aliphatic carbocycles. The molecule has 2 fully saturated rings. The number of nitrogens with zero attached hydrogens (tertiary/aromatic N) is 3. The number of piperazine rings is 1. The number of nitrogens with one attached hydrogen (secondary N) is 1. The van der Waals surface area contributed by atoms with Crippen LogP contribution in [0.3, 0.4) is 0 Å². The Balaban J connectivity index is 0.00000167. The fourth-order valence-electron chi connectivity index (χ4n) is 4.52. The van der Waals surface area contributed by atoms with E-state index in [1.807, 2.05) is 49.1 Å². The third kappa shape index (κ3) is 7.35. The molecule has 8 nitrogen and oxygen atoms in total. The number of benzene rings is 2. The summed E-state index contributed by atoms with van der Waals surface area (Å²) in [7, 11) is 0. The second-order valence-electron chi connectivity index (χ2n) is 8.80. The molecule has 0 aromatic heterocycles. The van der Waals surface area contributed by atoms with Crippen LogP contribution in [0.2, 0.25) is 0 Å². The molecule has 0 spiro atoms. The van der Waals surface area contributed by atoms with Crippen LogP contribution in [0.15, 0.2) is 48.5 Å². The topological polar surface area (TPSA) is 85.4 Å². The maximum absolute atomic E-state index is 12.8. The van der Waals surface area contributed by atoms with E-state index < -0.39 is 5.91 Å². The summed E-state index contributed by atoms with van der Waals surface area (Å²) < 4.78 is 5.36. The van der Waals surface area contributed by atoms with Crippen molar-refractivity contribution in [2.45, 2.75) is 39.9 Å². The molecule has 2 saturated heterocycles. The predicted octanol–water partition coefficient (Wildman–Crippen LogP) is 3.01. The lowest BCUT2D eigenvalue weighted by molar-refractivity contribution is 0.0302. The molecule has 2 heterocycles. The van der Waals surface area contributed by atoms with Crippen molar-refractivity contribution in [2.24, 2.45) is 0 Å². The highest BCUT2D eigenvalue weighted by atomic mass is 16.5. The molecule has 2 aliphatic heterocycles. The highest BCUT2D eigenvalue weighted by Crippen LogP contribution is 2.18. The van der Waals surface area contributed by atoms with Gasteiger partial charge < -0.3 is 9.64 Å². The van der Waals surface area contributed by atoms with Crippen LogP contribution in [0.25, 0.3) is 0 Å². The smallest absolute Gasteiger partial charge is 0.274 e. The van der Waals surface area contributed by atoms with Gasteiger partial charge in [-0.05, 0) is 42.3 Å². The Labute approximate surface area is 208 Å². The molecule has 2 amide bonds. The van der Waals surface area contributed by atoms with E-state index >= 15 is 0 Å². The maximum Gasteiger partial charge on any atom is 0.274 e. The first kappa shape index (κ1) is 26.8. The van der Waals surface area contributed by atoms with Gasteiger partial charge in [0.15, 0.2) is 0 Å². The largest absolute Gasteiger partial charge is 0.378 e. The molecule has 1 atom stereocenters. The summed E-state index contributed by atoms with van der Waals surface area (Å²) in [5, 5.41) is 8.74. The third-order valence-electron chi connectivity index (χ3n) is 6.43. The fraction of sp³-hybridized carbons (Fsp3) is 0.481. The van der Waals surface area contributed by atoms with Crippen LogP contribution in [0.4, 0.5) is 0 Å². The predicted molar refractivity (Wildman–Crippen MR) is 135 cm³/mol. The quantitative estimate of drug-likeness (QED) is 0.486. The van der Waals surface area contributed by atoms with Crippen LogP contribution in [0.5, 0.6) is 0 Å². The van der Waals surface area contributed by atoms with Crippen molar-refractivity contribution in [1.82, 2.24) is 20.2 Å². The van der Waals surface area contributed by atoms with Gasteiger partial charge in [0.2, 0.25) is 0 Å². The second-order valence-corrected chi connectivity index (χ2v) is 8.80. The summed E-state index contributed by atoms with van der Waals surface area (Å²) in [4.78, 5) is 31.0. The number of rotatable bonds is 6. The fourth-order valence-corrected chi connectivity index (χ4v) is 4.52. The summed E-state index contributed by atoms with van der Waals surface area (Å²) in [5.41, 5.74) is 5.14. The first-order valence-electron chi connectivity index (χ1n) is 12.5. The van der Waals surface area contributed by atoms with E-state index in [9.17, 15) is 9.59 Å². The Morgan fingerprint density at radius 1 is 0.943 bits per heavy atom. The zero-order chi connectivity index (χ0) is 25.2. The maximum atomic E-state index is 12.8. The van der Waals surface area contributed by atoms with Crippen molar-refractivity contribution < 1.29 is 19.5 Å². The van der Waals surface area contributed by atoms with E-state index in [0.29, 0.717) is 37.9 Å². The lowest BCUT2D eigenvalue weighted by Crippen LogP contribution is -2.50. The zero-order valence-corrected chi connectivity index (χ0v) is 21.1. The van der Waals surface area contributed by atoms with Gasteiger partial charge in [0.25, 0.3) is 11.8 Å². The van der Waals surface area contributed by atoms with Crippen molar-refractivity contribution in [3.8, 4) is 0 Å². The van der Waals surface area contributed by atoms with Gasteiger partial charge in [0.05, 0.1) is 13.2 Å². The monoisotopic (exact) mass is 482 g/mol. The SMILES string of the molecule is CC.C[C@@H]1CN(Cc2ccc(C(=O)NO)cc2)CCN1Cc1cccc(C(=O)N2CCOCC2)c1. The van der Waals surface area contributed by atoms with Gasteiger partial charge in [-0.25, -0.2) is 5.48 Å². The molecular formula is C27H38N4O4. The third-order valence-corrected chi connectivity index (χ3v) is 6.43. The molecule has 8 heteroatoms. The Morgan fingerprint density at radius 2 is 1.66 bits per heavy atom. The Morgan fingerprint density at radius 3 is 2.31 bits per heavy atom.